The molecule has 1 aromatic heterocycles. The van der Waals surface area contributed by atoms with Gasteiger partial charge < -0.3 is 10.6 Å². The SMILES string of the molecule is CC(c1cccc(NC(=O)c2ccccc2)c1)N(C)CC(=O)NCc1cccs1. The van der Waals surface area contributed by atoms with Crippen LogP contribution in [-0.2, 0) is 11.3 Å². The molecule has 0 aliphatic heterocycles. The number of carbonyl (C=O) groups excluding carboxylic acids is 2. The van der Waals surface area contributed by atoms with Crippen LogP contribution >= 0.6 is 11.3 Å². The zero-order valence-electron chi connectivity index (χ0n) is 16.6. The highest BCUT2D eigenvalue weighted by Gasteiger charge is 2.16. The fourth-order valence-electron chi connectivity index (χ4n) is 2.94. The first-order valence-corrected chi connectivity index (χ1v) is 10.4. The average molecular weight is 408 g/mol. The second kappa shape index (κ2) is 10.0. The summed E-state index contributed by atoms with van der Waals surface area (Å²) in [5, 5.41) is 7.88. The van der Waals surface area contributed by atoms with Crippen molar-refractivity contribution >= 4 is 28.8 Å². The molecular weight excluding hydrogens is 382 g/mol. The number of benzene rings is 2. The van der Waals surface area contributed by atoms with E-state index in [0.717, 1.165) is 16.1 Å². The van der Waals surface area contributed by atoms with Crippen LogP contribution in [0.2, 0.25) is 0 Å². The summed E-state index contributed by atoms with van der Waals surface area (Å²) in [7, 11) is 1.92. The molecule has 0 aliphatic rings. The minimum atomic E-state index is -0.142. The van der Waals surface area contributed by atoms with Crippen molar-refractivity contribution in [1.82, 2.24) is 10.2 Å². The third-order valence-electron chi connectivity index (χ3n) is 4.76. The topological polar surface area (TPSA) is 61.4 Å². The van der Waals surface area contributed by atoms with Crippen LogP contribution in [0.3, 0.4) is 0 Å². The van der Waals surface area contributed by atoms with Crippen LogP contribution in [0.1, 0.15) is 33.8 Å². The molecule has 1 unspecified atom stereocenters. The molecule has 0 saturated heterocycles. The van der Waals surface area contributed by atoms with Crippen molar-refractivity contribution in [2.24, 2.45) is 0 Å². The van der Waals surface area contributed by atoms with Gasteiger partial charge in [-0.05, 0) is 55.2 Å². The Bertz CT molecular complexity index is 942. The molecule has 2 aromatic carbocycles. The van der Waals surface area contributed by atoms with Gasteiger partial charge in [0.1, 0.15) is 0 Å². The molecule has 1 heterocycles. The first-order chi connectivity index (χ1) is 14.0. The van der Waals surface area contributed by atoms with Gasteiger partial charge in [-0.25, -0.2) is 0 Å². The second-order valence-electron chi connectivity index (χ2n) is 6.89. The summed E-state index contributed by atoms with van der Waals surface area (Å²) < 4.78 is 0. The lowest BCUT2D eigenvalue weighted by molar-refractivity contribution is -0.122. The van der Waals surface area contributed by atoms with Gasteiger partial charge in [0.15, 0.2) is 0 Å². The largest absolute Gasteiger partial charge is 0.350 e. The van der Waals surface area contributed by atoms with E-state index in [2.05, 4.69) is 10.6 Å². The Labute approximate surface area is 175 Å². The molecule has 2 amide bonds. The Morgan fingerprint density at radius 1 is 1.03 bits per heavy atom. The number of nitrogens with zero attached hydrogens (tertiary/aromatic N) is 1. The maximum Gasteiger partial charge on any atom is 0.255 e. The van der Waals surface area contributed by atoms with Gasteiger partial charge in [0, 0.05) is 22.2 Å². The number of amides is 2. The number of hydrogen-bond donors (Lipinski definition) is 2. The van der Waals surface area contributed by atoms with E-state index in [1.807, 2.05) is 78.8 Å². The molecular formula is C23H25N3O2S. The standard InChI is InChI=1S/C23H25N3O2S/c1-17(26(2)16-22(27)24-15-21-12-7-13-29-21)19-10-6-11-20(14-19)25-23(28)18-8-4-3-5-9-18/h3-14,17H,15-16H2,1-2H3,(H,24,27)(H,25,28). The summed E-state index contributed by atoms with van der Waals surface area (Å²) in [4.78, 5) is 27.7. The lowest BCUT2D eigenvalue weighted by Gasteiger charge is -2.25. The maximum atomic E-state index is 12.4. The van der Waals surface area contributed by atoms with Gasteiger partial charge in [-0.15, -0.1) is 11.3 Å². The van der Waals surface area contributed by atoms with Crippen molar-refractivity contribution in [3.05, 3.63) is 88.1 Å². The van der Waals surface area contributed by atoms with E-state index in [0.29, 0.717) is 18.7 Å². The van der Waals surface area contributed by atoms with Gasteiger partial charge in [-0.1, -0.05) is 36.4 Å². The molecule has 150 valence electrons. The highest BCUT2D eigenvalue weighted by molar-refractivity contribution is 7.09. The Balaban J connectivity index is 1.57. The molecule has 5 nitrogen and oxygen atoms in total. The quantitative estimate of drug-likeness (QED) is 0.585. The number of anilines is 1. The molecule has 29 heavy (non-hydrogen) atoms. The molecule has 6 heteroatoms. The van der Waals surface area contributed by atoms with E-state index < -0.39 is 0 Å². The van der Waals surface area contributed by atoms with Crippen LogP contribution in [0.4, 0.5) is 5.69 Å². The summed E-state index contributed by atoms with van der Waals surface area (Å²) in [6, 6.07) is 20.9. The predicted molar refractivity (Wildman–Crippen MR) is 118 cm³/mol. The molecule has 0 radical (unpaired) electrons. The van der Waals surface area contributed by atoms with E-state index >= 15 is 0 Å². The maximum absolute atomic E-state index is 12.4. The van der Waals surface area contributed by atoms with Crippen molar-refractivity contribution in [3.63, 3.8) is 0 Å². The van der Waals surface area contributed by atoms with Gasteiger partial charge in [0.25, 0.3) is 5.91 Å². The molecule has 1 atom stereocenters. The van der Waals surface area contributed by atoms with Gasteiger partial charge in [-0.3, -0.25) is 14.5 Å². The van der Waals surface area contributed by atoms with Crippen molar-refractivity contribution in [3.8, 4) is 0 Å². The lowest BCUT2D eigenvalue weighted by Crippen LogP contribution is -2.36. The van der Waals surface area contributed by atoms with Crippen molar-refractivity contribution in [2.45, 2.75) is 19.5 Å². The third-order valence-corrected chi connectivity index (χ3v) is 5.63. The minimum Gasteiger partial charge on any atom is -0.350 e. The predicted octanol–water partition coefficient (Wildman–Crippen LogP) is 4.31. The summed E-state index contributed by atoms with van der Waals surface area (Å²) in [5.74, 6) is -0.155. The third kappa shape index (κ3) is 6.01. The Hall–Kier alpha value is -2.96. The smallest absolute Gasteiger partial charge is 0.255 e. The summed E-state index contributed by atoms with van der Waals surface area (Å²) >= 11 is 1.63. The van der Waals surface area contributed by atoms with Crippen LogP contribution in [0.15, 0.2) is 72.1 Å². The number of likely N-dealkylation sites (N-methyl/N-ethyl adjacent to an activating group) is 1. The normalized spacial score (nSPS) is 11.8. The first-order valence-electron chi connectivity index (χ1n) is 9.48. The summed E-state index contributed by atoms with van der Waals surface area (Å²) in [6.45, 7) is 2.90. The minimum absolute atomic E-state index is 0.0127. The van der Waals surface area contributed by atoms with E-state index in [1.165, 1.54) is 0 Å². The van der Waals surface area contributed by atoms with Gasteiger partial charge in [0.2, 0.25) is 5.91 Å². The van der Waals surface area contributed by atoms with E-state index in [-0.39, 0.29) is 17.9 Å². The fraction of sp³-hybridized carbons (Fsp3) is 0.217. The lowest BCUT2D eigenvalue weighted by atomic mass is 10.1. The Morgan fingerprint density at radius 2 is 1.83 bits per heavy atom. The monoisotopic (exact) mass is 407 g/mol. The molecule has 0 bridgehead atoms. The van der Waals surface area contributed by atoms with Crippen LogP contribution in [0, 0.1) is 0 Å². The van der Waals surface area contributed by atoms with Crippen LogP contribution in [-0.4, -0.2) is 30.3 Å². The summed E-state index contributed by atoms with van der Waals surface area (Å²) in [6.07, 6.45) is 0. The van der Waals surface area contributed by atoms with Crippen LogP contribution in [0.25, 0.3) is 0 Å². The number of thiophene rings is 1. The molecule has 0 fully saturated rings. The van der Waals surface area contributed by atoms with Crippen LogP contribution < -0.4 is 10.6 Å². The second-order valence-corrected chi connectivity index (χ2v) is 7.93. The molecule has 3 aromatic rings. The van der Waals surface area contributed by atoms with Crippen LogP contribution in [0.5, 0.6) is 0 Å². The highest BCUT2D eigenvalue weighted by atomic mass is 32.1. The zero-order valence-corrected chi connectivity index (χ0v) is 17.4. The number of hydrogen-bond acceptors (Lipinski definition) is 4. The molecule has 2 N–H and O–H groups in total. The van der Waals surface area contributed by atoms with Crippen molar-refractivity contribution in [2.75, 3.05) is 18.9 Å². The number of rotatable bonds is 8. The molecule has 0 aliphatic carbocycles. The molecule has 0 saturated carbocycles. The van der Waals surface area contributed by atoms with Crippen molar-refractivity contribution < 1.29 is 9.59 Å². The zero-order chi connectivity index (χ0) is 20.6. The average Bonchev–Trinajstić information content (AvgIpc) is 3.26. The number of carbonyl (C=O) groups is 2. The molecule has 3 rings (SSSR count). The number of nitrogens with one attached hydrogen (secondary N) is 2. The Kier molecular flexibility index (Phi) is 7.16. The van der Waals surface area contributed by atoms with Gasteiger partial charge in [-0.2, -0.15) is 0 Å². The fourth-order valence-corrected chi connectivity index (χ4v) is 3.59. The summed E-state index contributed by atoms with van der Waals surface area (Å²) in [5.41, 5.74) is 2.38. The van der Waals surface area contributed by atoms with Gasteiger partial charge >= 0.3 is 0 Å². The van der Waals surface area contributed by atoms with E-state index in [4.69, 9.17) is 0 Å². The first kappa shape index (κ1) is 20.8. The van der Waals surface area contributed by atoms with Gasteiger partial charge in [0.05, 0.1) is 13.1 Å². The Morgan fingerprint density at radius 3 is 2.55 bits per heavy atom. The highest BCUT2D eigenvalue weighted by Crippen LogP contribution is 2.22. The van der Waals surface area contributed by atoms with E-state index in [9.17, 15) is 9.59 Å². The van der Waals surface area contributed by atoms with E-state index in [1.54, 1.807) is 23.5 Å². The van der Waals surface area contributed by atoms with Crippen molar-refractivity contribution in [1.29, 1.82) is 0 Å². The molecule has 0 spiro atoms.